The lowest BCUT2D eigenvalue weighted by Gasteiger charge is -2.32. The fourth-order valence-corrected chi connectivity index (χ4v) is 7.89. The van der Waals surface area contributed by atoms with Gasteiger partial charge in [-0.1, -0.05) is 36.0 Å². The van der Waals surface area contributed by atoms with Gasteiger partial charge in [-0.25, -0.2) is 9.97 Å². The number of carbonyl (C=O) groups is 3. The molecule has 0 spiro atoms. The highest BCUT2D eigenvalue weighted by Gasteiger charge is 2.34. The van der Waals surface area contributed by atoms with E-state index < -0.39 is 18.1 Å². The maximum atomic E-state index is 14.5. The first-order valence-electron chi connectivity index (χ1n) is 18.8. The quantitative estimate of drug-likeness (QED) is 0.130. The number of para-hydroxylation sites is 1. The number of pyridine rings is 2. The van der Waals surface area contributed by atoms with E-state index in [1.165, 1.54) is 16.7 Å². The van der Waals surface area contributed by atoms with Gasteiger partial charge in [0.1, 0.15) is 22.9 Å². The number of rotatable bonds is 10. The number of benzene rings is 1. The number of hydrogen-bond acceptors (Lipinski definition) is 11. The van der Waals surface area contributed by atoms with Crippen LogP contribution in [0.5, 0.6) is 0 Å². The molecule has 0 aliphatic carbocycles. The number of morpholine rings is 1. The van der Waals surface area contributed by atoms with Crippen LogP contribution in [0.4, 0.5) is 5.82 Å². The summed E-state index contributed by atoms with van der Waals surface area (Å²) >= 11 is 1.47. The van der Waals surface area contributed by atoms with Gasteiger partial charge in [-0.15, -0.1) is 0 Å². The van der Waals surface area contributed by atoms with Crippen LogP contribution in [0, 0.1) is 0 Å². The summed E-state index contributed by atoms with van der Waals surface area (Å²) in [5.74, 6) is -0.173. The average Bonchev–Trinajstić information content (AvgIpc) is 3.61. The molecule has 0 unspecified atom stereocenters. The van der Waals surface area contributed by atoms with Crippen LogP contribution in [-0.4, -0.2) is 102 Å². The normalized spacial score (nSPS) is 20.6. The molecule has 288 valence electrons. The zero-order chi connectivity index (χ0) is 37.9. The number of amides is 3. The van der Waals surface area contributed by atoms with Crippen molar-refractivity contribution in [3.63, 3.8) is 0 Å². The number of likely N-dealkylation sites (N-methyl/N-ethyl adjacent to an activating group) is 1. The fourth-order valence-electron chi connectivity index (χ4n) is 6.93. The van der Waals surface area contributed by atoms with Gasteiger partial charge in [0, 0.05) is 61.3 Å². The number of H-pyrrole nitrogens is 1. The topological polar surface area (TPSA) is 197 Å². The zero-order valence-corrected chi connectivity index (χ0v) is 31.7. The number of nitrogens with zero attached hydrogens (tertiary/aromatic N) is 4. The van der Waals surface area contributed by atoms with Crippen molar-refractivity contribution in [1.82, 2.24) is 35.8 Å². The Labute approximate surface area is 320 Å². The Hall–Kier alpha value is -4.54. The monoisotopic (exact) mass is 756 g/mol. The number of fused-ring (bicyclic) bond motifs is 3. The number of aromatic amines is 1. The number of anilines is 1. The summed E-state index contributed by atoms with van der Waals surface area (Å²) in [6, 6.07) is 13.4. The van der Waals surface area contributed by atoms with Crippen molar-refractivity contribution in [2.24, 2.45) is 11.5 Å². The Morgan fingerprint density at radius 2 is 1.70 bits per heavy atom. The Morgan fingerprint density at radius 1 is 0.907 bits per heavy atom. The maximum Gasteiger partial charge on any atom is 0.245 e. The Balaban J connectivity index is 1.40. The second kappa shape index (κ2) is 19.2. The summed E-state index contributed by atoms with van der Waals surface area (Å²) in [6.07, 6.45) is 6.68. The van der Waals surface area contributed by atoms with E-state index in [-0.39, 0.29) is 30.7 Å². The Morgan fingerprint density at radius 3 is 2.52 bits per heavy atom. The van der Waals surface area contributed by atoms with Crippen LogP contribution in [0.1, 0.15) is 48.9 Å². The van der Waals surface area contributed by atoms with Crippen LogP contribution in [0.2, 0.25) is 0 Å². The highest BCUT2D eigenvalue weighted by atomic mass is 32.2. The van der Waals surface area contributed by atoms with Crippen molar-refractivity contribution in [2.45, 2.75) is 79.7 Å². The van der Waals surface area contributed by atoms with Gasteiger partial charge in [-0.05, 0) is 80.6 Å². The largest absolute Gasteiger partial charge is 0.378 e. The number of unbranched alkanes of at least 4 members (excludes halogenated alkanes) is 1. The highest BCUT2D eigenvalue weighted by molar-refractivity contribution is 7.99. The molecule has 1 fully saturated rings. The van der Waals surface area contributed by atoms with Crippen molar-refractivity contribution in [3.05, 3.63) is 77.7 Å². The Kier molecular flexibility index (Phi) is 13.9. The first-order valence-corrected chi connectivity index (χ1v) is 19.7. The van der Waals surface area contributed by atoms with Gasteiger partial charge >= 0.3 is 0 Å². The lowest BCUT2D eigenvalue weighted by atomic mass is 10.0. The Bertz CT molecular complexity index is 1880. The van der Waals surface area contributed by atoms with Gasteiger partial charge in [0.25, 0.3) is 0 Å². The molecule has 14 nitrogen and oxygen atoms in total. The van der Waals surface area contributed by atoms with E-state index >= 15 is 0 Å². The van der Waals surface area contributed by atoms with Gasteiger partial charge in [-0.3, -0.25) is 14.4 Å². The van der Waals surface area contributed by atoms with Gasteiger partial charge in [0.2, 0.25) is 17.7 Å². The highest BCUT2D eigenvalue weighted by Crippen LogP contribution is 2.33. The predicted molar refractivity (Wildman–Crippen MR) is 210 cm³/mol. The lowest BCUT2D eigenvalue weighted by Crippen LogP contribution is -2.57. The number of ether oxygens (including phenoxy) is 1. The molecule has 54 heavy (non-hydrogen) atoms. The molecule has 2 aliphatic rings. The van der Waals surface area contributed by atoms with Crippen molar-refractivity contribution in [1.29, 1.82) is 0 Å². The molecule has 8 N–H and O–H groups in total. The van der Waals surface area contributed by atoms with E-state index in [0.29, 0.717) is 83.7 Å². The number of nitrogens with one attached hydrogen (secondary N) is 4. The summed E-state index contributed by atoms with van der Waals surface area (Å²) in [5, 5.41) is 11.4. The summed E-state index contributed by atoms with van der Waals surface area (Å²) in [6.45, 7) is 4.03. The van der Waals surface area contributed by atoms with E-state index in [0.717, 1.165) is 37.8 Å². The summed E-state index contributed by atoms with van der Waals surface area (Å²) < 4.78 is 5.58. The van der Waals surface area contributed by atoms with Gasteiger partial charge < -0.3 is 46.9 Å². The summed E-state index contributed by atoms with van der Waals surface area (Å²) in [7, 11) is 1.64. The maximum absolute atomic E-state index is 14.5. The first kappa shape index (κ1) is 39.2. The molecule has 3 atom stereocenters. The van der Waals surface area contributed by atoms with E-state index in [1.54, 1.807) is 13.2 Å². The van der Waals surface area contributed by atoms with E-state index in [2.05, 4.69) is 25.8 Å². The predicted octanol–water partition coefficient (Wildman–Crippen LogP) is 2.46. The molecule has 0 bridgehead atoms. The van der Waals surface area contributed by atoms with E-state index in [4.69, 9.17) is 26.2 Å². The summed E-state index contributed by atoms with van der Waals surface area (Å²) in [5.41, 5.74) is 15.1. The van der Waals surface area contributed by atoms with Gasteiger partial charge in [0.05, 0.1) is 31.5 Å². The molecule has 0 radical (unpaired) electrons. The minimum atomic E-state index is -0.895. The lowest BCUT2D eigenvalue weighted by molar-refractivity contribution is -0.142. The molecule has 3 amide bonds. The fraction of sp³-hybridized carbons (Fsp3) is 0.462. The van der Waals surface area contributed by atoms with Crippen LogP contribution in [-0.2, 0) is 38.6 Å². The van der Waals surface area contributed by atoms with Crippen molar-refractivity contribution in [3.8, 4) is 0 Å². The standard InChI is InChI=1S/C39H52N10O4S/c1-48-33(22-27-24-43-29-10-3-2-9-28(27)29)37(51)45-25-32-34(13-14-35(46-32)49-18-20-53-21-19-49)54-38-26(8-7-17-42-38)23-44-30(12-6-16-41)36(50)47-31(39(48)52)11-4-5-15-40/h2-3,7-10,13-14,17,24,30-31,33,43-44H,4-6,11-12,15-16,18-23,25,40-41H2,1H3,(H,45,51)(H,47,50)/t30-,31-,33-/m0/s1. The number of hydrogen-bond donors (Lipinski definition) is 6. The van der Waals surface area contributed by atoms with Crippen molar-refractivity contribution >= 4 is 46.2 Å². The van der Waals surface area contributed by atoms with Crippen LogP contribution < -0.4 is 32.3 Å². The van der Waals surface area contributed by atoms with Crippen LogP contribution in [0.25, 0.3) is 10.9 Å². The second-order valence-electron chi connectivity index (χ2n) is 13.7. The third kappa shape index (κ3) is 9.76. The number of carbonyl (C=O) groups excluding carboxylic acids is 3. The smallest absolute Gasteiger partial charge is 0.245 e. The third-order valence-corrected chi connectivity index (χ3v) is 11.2. The SMILES string of the molecule is CN1C(=O)[C@H](CCCCN)NC(=O)[C@H](CCCN)NCc2cccnc2Sc2ccc(N3CCOCC3)nc2CNC(=O)[C@@H]1Cc1c[nH]c2ccccc12. The van der Waals surface area contributed by atoms with Crippen LogP contribution in [0.3, 0.4) is 0 Å². The molecule has 1 saturated heterocycles. The average molecular weight is 757 g/mol. The molecule has 4 aromatic rings. The van der Waals surface area contributed by atoms with E-state index in [9.17, 15) is 14.4 Å². The second-order valence-corrected chi connectivity index (χ2v) is 14.8. The van der Waals surface area contributed by atoms with Crippen molar-refractivity contribution in [2.75, 3.05) is 51.3 Å². The van der Waals surface area contributed by atoms with Gasteiger partial charge in [0.15, 0.2) is 0 Å². The molecule has 6 rings (SSSR count). The van der Waals surface area contributed by atoms with Crippen LogP contribution >= 0.6 is 11.8 Å². The molecule has 3 aromatic heterocycles. The molecule has 2 aliphatic heterocycles. The molecule has 15 heteroatoms. The summed E-state index contributed by atoms with van der Waals surface area (Å²) in [4.78, 5) is 60.6. The minimum Gasteiger partial charge on any atom is -0.378 e. The molecule has 0 saturated carbocycles. The zero-order valence-electron chi connectivity index (χ0n) is 30.9. The molecule has 5 heterocycles. The van der Waals surface area contributed by atoms with Crippen LogP contribution in [0.15, 0.2) is 70.8 Å². The van der Waals surface area contributed by atoms with Gasteiger partial charge in [-0.2, -0.15) is 0 Å². The third-order valence-electron chi connectivity index (χ3n) is 10.1. The molecular weight excluding hydrogens is 705 g/mol. The first-order chi connectivity index (χ1) is 26.4. The number of aromatic nitrogens is 3. The molecular formula is C39H52N10O4S. The minimum absolute atomic E-state index is 0.129. The molecule has 1 aromatic carbocycles. The number of nitrogens with two attached hydrogens (primary N) is 2. The van der Waals surface area contributed by atoms with Crippen molar-refractivity contribution < 1.29 is 19.1 Å². The van der Waals surface area contributed by atoms with E-state index in [1.807, 2.05) is 54.7 Å².